The van der Waals surface area contributed by atoms with Gasteiger partial charge in [-0.3, -0.25) is 0 Å². The molecular weight excluding hydrogens is 275 g/mol. The standard InChI is InChI=1S/C14H21FN4O2/c1-14(2,3)21-13(20)19-6-4-5-11(19)9-18-12-16-7-10(15)8-17-12/h7-8,11H,4-6,9H2,1-3H3,(H,16,17,18). The summed E-state index contributed by atoms with van der Waals surface area (Å²) in [6.07, 6.45) is 3.75. The van der Waals surface area contributed by atoms with Crippen LogP contribution in [-0.4, -0.2) is 45.7 Å². The number of hydrogen-bond acceptors (Lipinski definition) is 5. The molecule has 1 aromatic heterocycles. The Morgan fingerprint density at radius 3 is 2.76 bits per heavy atom. The van der Waals surface area contributed by atoms with Crippen molar-refractivity contribution in [2.45, 2.75) is 45.3 Å². The highest BCUT2D eigenvalue weighted by molar-refractivity contribution is 5.69. The number of anilines is 1. The molecule has 1 atom stereocenters. The third kappa shape index (κ3) is 4.54. The van der Waals surface area contributed by atoms with E-state index in [4.69, 9.17) is 4.74 Å². The van der Waals surface area contributed by atoms with Gasteiger partial charge in [-0.25, -0.2) is 19.2 Å². The number of carbonyl (C=O) groups excluding carboxylic acids is 1. The molecule has 1 aliphatic heterocycles. The van der Waals surface area contributed by atoms with Gasteiger partial charge in [0.25, 0.3) is 0 Å². The first kappa shape index (κ1) is 15.5. The zero-order chi connectivity index (χ0) is 15.5. The lowest BCUT2D eigenvalue weighted by Crippen LogP contribution is -2.42. The zero-order valence-corrected chi connectivity index (χ0v) is 12.6. The minimum absolute atomic E-state index is 0.0357. The summed E-state index contributed by atoms with van der Waals surface area (Å²) in [7, 11) is 0. The fourth-order valence-electron chi connectivity index (χ4n) is 2.22. The van der Waals surface area contributed by atoms with E-state index < -0.39 is 11.4 Å². The molecule has 1 aromatic rings. The lowest BCUT2D eigenvalue weighted by molar-refractivity contribution is 0.0235. The van der Waals surface area contributed by atoms with E-state index in [1.54, 1.807) is 4.90 Å². The summed E-state index contributed by atoms with van der Waals surface area (Å²) in [4.78, 5) is 21.5. The lowest BCUT2D eigenvalue weighted by atomic mass is 10.2. The van der Waals surface area contributed by atoms with Crippen LogP contribution in [0.25, 0.3) is 0 Å². The van der Waals surface area contributed by atoms with Gasteiger partial charge in [0.2, 0.25) is 5.95 Å². The van der Waals surface area contributed by atoms with Crippen LogP contribution in [0.2, 0.25) is 0 Å². The van der Waals surface area contributed by atoms with E-state index in [1.807, 2.05) is 20.8 Å². The van der Waals surface area contributed by atoms with E-state index in [0.717, 1.165) is 25.2 Å². The summed E-state index contributed by atoms with van der Waals surface area (Å²) < 4.78 is 18.1. The number of nitrogens with zero attached hydrogens (tertiary/aromatic N) is 3. The van der Waals surface area contributed by atoms with Gasteiger partial charge < -0.3 is 15.0 Å². The molecule has 1 fully saturated rings. The Bertz CT molecular complexity index is 487. The summed E-state index contributed by atoms with van der Waals surface area (Å²) in [6, 6.07) is 0.0357. The van der Waals surface area contributed by atoms with E-state index >= 15 is 0 Å². The normalized spacial score (nSPS) is 18.7. The molecule has 6 nitrogen and oxygen atoms in total. The molecule has 2 heterocycles. The Labute approximate surface area is 123 Å². The fourth-order valence-corrected chi connectivity index (χ4v) is 2.22. The zero-order valence-electron chi connectivity index (χ0n) is 12.6. The number of ether oxygens (including phenoxy) is 1. The molecule has 1 amide bonds. The lowest BCUT2D eigenvalue weighted by Gasteiger charge is -2.28. The van der Waals surface area contributed by atoms with E-state index in [1.165, 1.54) is 0 Å². The summed E-state index contributed by atoms with van der Waals surface area (Å²) in [6.45, 7) is 6.75. The molecule has 0 aromatic carbocycles. The van der Waals surface area contributed by atoms with E-state index in [0.29, 0.717) is 19.0 Å². The molecule has 0 radical (unpaired) electrons. The molecule has 1 unspecified atom stereocenters. The molecule has 1 aliphatic rings. The smallest absolute Gasteiger partial charge is 0.410 e. The maximum Gasteiger partial charge on any atom is 0.410 e. The van der Waals surface area contributed by atoms with Gasteiger partial charge in [-0.2, -0.15) is 0 Å². The van der Waals surface area contributed by atoms with Gasteiger partial charge in [0, 0.05) is 13.1 Å². The Hall–Kier alpha value is -1.92. The van der Waals surface area contributed by atoms with Crippen LogP contribution in [0.5, 0.6) is 0 Å². The monoisotopic (exact) mass is 296 g/mol. The molecule has 0 bridgehead atoms. The molecule has 21 heavy (non-hydrogen) atoms. The average Bonchev–Trinajstić information content (AvgIpc) is 2.84. The first-order chi connectivity index (χ1) is 9.85. The maximum absolute atomic E-state index is 12.7. The largest absolute Gasteiger partial charge is 0.444 e. The van der Waals surface area contributed by atoms with Crippen LogP contribution < -0.4 is 5.32 Å². The van der Waals surface area contributed by atoms with Crippen molar-refractivity contribution in [3.8, 4) is 0 Å². The number of halogens is 1. The minimum atomic E-state index is -0.502. The molecule has 1 N–H and O–H groups in total. The quantitative estimate of drug-likeness (QED) is 0.928. The Morgan fingerprint density at radius 1 is 1.48 bits per heavy atom. The molecule has 1 saturated heterocycles. The molecule has 2 rings (SSSR count). The first-order valence-electron chi connectivity index (χ1n) is 7.06. The third-order valence-electron chi connectivity index (χ3n) is 3.12. The number of aromatic nitrogens is 2. The second kappa shape index (κ2) is 6.24. The Kier molecular flexibility index (Phi) is 4.59. The van der Waals surface area contributed by atoms with Gasteiger partial charge in [0.05, 0.1) is 18.4 Å². The van der Waals surface area contributed by atoms with Crippen molar-refractivity contribution in [2.24, 2.45) is 0 Å². The molecule has 7 heteroatoms. The maximum atomic E-state index is 12.7. The molecule has 0 aliphatic carbocycles. The number of likely N-dealkylation sites (tertiary alicyclic amines) is 1. The second-order valence-electron chi connectivity index (χ2n) is 6.08. The third-order valence-corrected chi connectivity index (χ3v) is 3.12. The van der Waals surface area contributed by atoms with Gasteiger partial charge in [-0.05, 0) is 33.6 Å². The predicted octanol–water partition coefficient (Wildman–Crippen LogP) is 2.43. The van der Waals surface area contributed by atoms with Crippen LogP contribution in [0, 0.1) is 5.82 Å². The summed E-state index contributed by atoms with van der Waals surface area (Å²) in [5.74, 6) is -0.121. The van der Waals surface area contributed by atoms with Crippen LogP contribution in [0.3, 0.4) is 0 Å². The first-order valence-corrected chi connectivity index (χ1v) is 7.06. The van der Waals surface area contributed by atoms with E-state index in [2.05, 4.69) is 15.3 Å². The van der Waals surface area contributed by atoms with Crippen molar-refractivity contribution in [1.82, 2.24) is 14.9 Å². The number of hydrogen-bond donors (Lipinski definition) is 1. The fraction of sp³-hybridized carbons (Fsp3) is 0.643. The Balaban J connectivity index is 1.90. The number of rotatable bonds is 3. The van der Waals surface area contributed by atoms with Crippen LogP contribution >= 0.6 is 0 Å². The number of amides is 1. The van der Waals surface area contributed by atoms with Crippen molar-refractivity contribution < 1.29 is 13.9 Å². The van der Waals surface area contributed by atoms with Crippen molar-refractivity contribution in [3.05, 3.63) is 18.2 Å². The molecule has 116 valence electrons. The molecule has 0 spiro atoms. The van der Waals surface area contributed by atoms with Crippen LogP contribution in [0.1, 0.15) is 33.6 Å². The highest BCUT2D eigenvalue weighted by Crippen LogP contribution is 2.21. The van der Waals surface area contributed by atoms with Gasteiger partial charge in [-0.1, -0.05) is 0 Å². The topological polar surface area (TPSA) is 67.3 Å². The van der Waals surface area contributed by atoms with Gasteiger partial charge in [-0.15, -0.1) is 0 Å². The predicted molar refractivity (Wildman–Crippen MR) is 76.4 cm³/mol. The van der Waals surface area contributed by atoms with Crippen molar-refractivity contribution in [3.63, 3.8) is 0 Å². The van der Waals surface area contributed by atoms with Gasteiger partial charge in [0.15, 0.2) is 5.82 Å². The highest BCUT2D eigenvalue weighted by atomic mass is 19.1. The molecular formula is C14H21FN4O2. The average molecular weight is 296 g/mol. The number of nitrogens with one attached hydrogen (secondary N) is 1. The van der Waals surface area contributed by atoms with Crippen LogP contribution in [0.15, 0.2) is 12.4 Å². The molecule has 0 saturated carbocycles. The van der Waals surface area contributed by atoms with Crippen molar-refractivity contribution in [1.29, 1.82) is 0 Å². The summed E-state index contributed by atoms with van der Waals surface area (Å²) in [5, 5.41) is 3.02. The SMILES string of the molecule is CC(C)(C)OC(=O)N1CCCC1CNc1ncc(F)cn1. The van der Waals surface area contributed by atoms with Gasteiger partial charge >= 0.3 is 6.09 Å². The summed E-state index contributed by atoms with van der Waals surface area (Å²) in [5.41, 5.74) is -0.502. The van der Waals surface area contributed by atoms with E-state index in [9.17, 15) is 9.18 Å². The number of carbonyl (C=O) groups is 1. The van der Waals surface area contributed by atoms with Crippen LogP contribution in [-0.2, 0) is 4.74 Å². The van der Waals surface area contributed by atoms with Crippen molar-refractivity contribution >= 4 is 12.0 Å². The Morgan fingerprint density at radius 2 is 2.14 bits per heavy atom. The minimum Gasteiger partial charge on any atom is -0.444 e. The van der Waals surface area contributed by atoms with Crippen LogP contribution in [0.4, 0.5) is 15.1 Å². The highest BCUT2D eigenvalue weighted by Gasteiger charge is 2.32. The second-order valence-corrected chi connectivity index (χ2v) is 6.08. The summed E-state index contributed by atoms with van der Waals surface area (Å²) >= 11 is 0. The van der Waals surface area contributed by atoms with E-state index in [-0.39, 0.29) is 12.1 Å². The van der Waals surface area contributed by atoms with Crippen molar-refractivity contribution in [2.75, 3.05) is 18.4 Å². The van der Waals surface area contributed by atoms with Gasteiger partial charge in [0.1, 0.15) is 5.60 Å².